The van der Waals surface area contributed by atoms with Crippen molar-refractivity contribution in [2.24, 2.45) is 0 Å². The van der Waals surface area contributed by atoms with Gasteiger partial charge in [-0.1, -0.05) is 72.2 Å². The van der Waals surface area contributed by atoms with Crippen LogP contribution in [-0.4, -0.2) is 13.8 Å². The van der Waals surface area contributed by atoms with Gasteiger partial charge in [0.15, 0.2) is 0 Å². The molecule has 100 valence electrons. The smallest absolute Gasteiger partial charge is 0.246 e. The minimum Gasteiger partial charge on any atom is -0.345 e. The molecule has 1 heterocycles. The molecule has 0 aliphatic carbocycles. The van der Waals surface area contributed by atoms with Gasteiger partial charge in [-0.05, 0) is 23.1 Å². The second-order valence-corrected chi connectivity index (χ2v) is 5.52. The maximum Gasteiger partial charge on any atom is 0.246 e. The van der Waals surface area contributed by atoms with Crippen molar-refractivity contribution in [1.29, 1.82) is 0 Å². The van der Waals surface area contributed by atoms with Crippen LogP contribution < -0.4 is 21.3 Å². The van der Waals surface area contributed by atoms with Crippen molar-refractivity contribution in [1.82, 2.24) is 0 Å². The molecule has 0 fully saturated rings. The Bertz CT molecular complexity index is 735. The number of benzene rings is 3. The molecule has 0 aromatic heterocycles. The van der Waals surface area contributed by atoms with E-state index in [1.807, 2.05) is 0 Å². The summed E-state index contributed by atoms with van der Waals surface area (Å²) in [5.74, 6) is 0. The van der Waals surface area contributed by atoms with E-state index in [1.54, 1.807) is 0 Å². The summed E-state index contributed by atoms with van der Waals surface area (Å²) in [5, 5.41) is 0. The largest absolute Gasteiger partial charge is 0.345 e. The van der Waals surface area contributed by atoms with Crippen LogP contribution in [-0.2, 0) is 0 Å². The standard InChI is InChI=1S/C19H16BN/c1-21-18-13-7-5-11-16(18)20(15-9-3-2-4-10-15)17-12-6-8-14-19(17)21/h2-14H,1H3. The zero-order valence-electron chi connectivity index (χ0n) is 12.0. The molecule has 4 rings (SSSR count). The molecule has 0 radical (unpaired) electrons. The quantitative estimate of drug-likeness (QED) is 0.613. The van der Waals surface area contributed by atoms with Gasteiger partial charge >= 0.3 is 0 Å². The lowest BCUT2D eigenvalue weighted by atomic mass is 9.35. The predicted molar refractivity (Wildman–Crippen MR) is 92.0 cm³/mol. The summed E-state index contributed by atoms with van der Waals surface area (Å²) in [5.41, 5.74) is 6.70. The number of fused-ring (bicyclic) bond motifs is 2. The van der Waals surface area contributed by atoms with Gasteiger partial charge in [0, 0.05) is 18.4 Å². The second-order valence-electron chi connectivity index (χ2n) is 5.52. The van der Waals surface area contributed by atoms with Crippen molar-refractivity contribution in [2.45, 2.75) is 0 Å². The molecule has 0 unspecified atom stereocenters. The van der Waals surface area contributed by atoms with E-state index in [0.29, 0.717) is 6.71 Å². The molecule has 3 aromatic rings. The first-order valence-corrected chi connectivity index (χ1v) is 7.33. The minimum absolute atomic E-state index is 0.315. The van der Waals surface area contributed by atoms with Crippen LogP contribution in [0.15, 0.2) is 78.9 Å². The highest BCUT2D eigenvalue weighted by Gasteiger charge is 2.32. The van der Waals surface area contributed by atoms with Crippen LogP contribution >= 0.6 is 0 Å². The van der Waals surface area contributed by atoms with Gasteiger partial charge in [-0.3, -0.25) is 0 Å². The van der Waals surface area contributed by atoms with Gasteiger partial charge in [0.2, 0.25) is 6.71 Å². The van der Waals surface area contributed by atoms with E-state index >= 15 is 0 Å². The zero-order valence-corrected chi connectivity index (χ0v) is 12.0. The summed E-state index contributed by atoms with van der Waals surface area (Å²) in [4.78, 5) is 2.30. The molecule has 0 amide bonds. The van der Waals surface area contributed by atoms with E-state index in [9.17, 15) is 0 Å². The highest BCUT2D eigenvalue weighted by atomic mass is 15.1. The van der Waals surface area contributed by atoms with Crippen LogP contribution in [0.3, 0.4) is 0 Å². The summed E-state index contributed by atoms with van der Waals surface area (Å²) < 4.78 is 0. The Balaban J connectivity index is 2.01. The fraction of sp³-hybridized carbons (Fsp3) is 0.0526. The number of rotatable bonds is 1. The van der Waals surface area contributed by atoms with Gasteiger partial charge in [-0.15, -0.1) is 0 Å². The van der Waals surface area contributed by atoms with Crippen molar-refractivity contribution in [3.8, 4) is 0 Å². The number of anilines is 2. The van der Waals surface area contributed by atoms with Crippen molar-refractivity contribution < 1.29 is 0 Å². The summed E-state index contributed by atoms with van der Waals surface area (Å²) in [7, 11) is 2.15. The van der Waals surface area contributed by atoms with Crippen LogP contribution in [0.5, 0.6) is 0 Å². The van der Waals surface area contributed by atoms with Crippen LogP contribution in [0.4, 0.5) is 11.4 Å². The van der Waals surface area contributed by atoms with Gasteiger partial charge in [0.05, 0.1) is 0 Å². The van der Waals surface area contributed by atoms with Crippen LogP contribution in [0, 0.1) is 0 Å². The van der Waals surface area contributed by atoms with E-state index in [2.05, 4.69) is 90.8 Å². The monoisotopic (exact) mass is 269 g/mol. The fourth-order valence-electron chi connectivity index (χ4n) is 3.38. The average Bonchev–Trinajstić information content (AvgIpc) is 2.56. The van der Waals surface area contributed by atoms with E-state index in [4.69, 9.17) is 0 Å². The molecule has 2 heteroatoms. The molecule has 0 spiro atoms. The summed E-state index contributed by atoms with van der Waals surface area (Å²) in [6.45, 7) is 0.315. The number of para-hydroxylation sites is 2. The van der Waals surface area contributed by atoms with E-state index < -0.39 is 0 Å². The Kier molecular flexibility index (Phi) is 2.82. The molecule has 0 saturated heterocycles. The Labute approximate surface area is 125 Å². The number of hydrogen-bond donors (Lipinski definition) is 0. The highest BCUT2D eigenvalue weighted by molar-refractivity contribution is 6.97. The average molecular weight is 269 g/mol. The van der Waals surface area contributed by atoms with Crippen molar-refractivity contribution in [3.63, 3.8) is 0 Å². The zero-order chi connectivity index (χ0) is 14.2. The molecule has 1 aliphatic rings. The van der Waals surface area contributed by atoms with Gasteiger partial charge in [0.1, 0.15) is 0 Å². The Morgan fingerprint density at radius 2 is 1.10 bits per heavy atom. The summed E-state index contributed by atoms with van der Waals surface area (Å²) in [6, 6.07) is 28.2. The lowest BCUT2D eigenvalue weighted by Gasteiger charge is -2.34. The molecule has 0 bridgehead atoms. The Morgan fingerprint density at radius 1 is 0.619 bits per heavy atom. The van der Waals surface area contributed by atoms with Gasteiger partial charge < -0.3 is 4.90 Å². The second kappa shape index (κ2) is 4.82. The lowest BCUT2D eigenvalue weighted by molar-refractivity contribution is 1.22. The third kappa shape index (κ3) is 1.87. The lowest BCUT2D eigenvalue weighted by Crippen LogP contribution is -2.57. The van der Waals surface area contributed by atoms with E-state index in [1.165, 1.54) is 27.8 Å². The summed E-state index contributed by atoms with van der Waals surface area (Å²) in [6.07, 6.45) is 0. The Morgan fingerprint density at radius 3 is 1.67 bits per heavy atom. The molecule has 0 saturated carbocycles. The summed E-state index contributed by atoms with van der Waals surface area (Å²) >= 11 is 0. The van der Waals surface area contributed by atoms with Crippen LogP contribution in [0.25, 0.3) is 0 Å². The number of nitrogens with zero attached hydrogens (tertiary/aromatic N) is 1. The van der Waals surface area contributed by atoms with Crippen molar-refractivity contribution in [2.75, 3.05) is 11.9 Å². The first-order valence-electron chi connectivity index (χ1n) is 7.33. The van der Waals surface area contributed by atoms with Gasteiger partial charge in [-0.25, -0.2) is 0 Å². The molecule has 0 N–H and O–H groups in total. The van der Waals surface area contributed by atoms with E-state index in [0.717, 1.165) is 0 Å². The minimum atomic E-state index is 0.315. The number of hydrogen-bond acceptors (Lipinski definition) is 1. The molecular formula is C19H16BN. The van der Waals surface area contributed by atoms with Crippen LogP contribution in [0.2, 0.25) is 0 Å². The molecule has 3 aromatic carbocycles. The Hall–Kier alpha value is -2.48. The topological polar surface area (TPSA) is 3.24 Å². The highest BCUT2D eigenvalue weighted by Crippen LogP contribution is 2.25. The SMILES string of the molecule is CN1c2ccccc2B(c2ccccc2)c2ccccc21. The van der Waals surface area contributed by atoms with Gasteiger partial charge in [-0.2, -0.15) is 0 Å². The maximum atomic E-state index is 2.30. The molecule has 0 atom stereocenters. The fourth-order valence-corrected chi connectivity index (χ4v) is 3.38. The van der Waals surface area contributed by atoms with Gasteiger partial charge in [0.25, 0.3) is 0 Å². The van der Waals surface area contributed by atoms with Crippen LogP contribution in [0.1, 0.15) is 0 Å². The molecule has 1 nitrogen and oxygen atoms in total. The molecular weight excluding hydrogens is 253 g/mol. The van der Waals surface area contributed by atoms with Crippen molar-refractivity contribution in [3.05, 3.63) is 78.9 Å². The van der Waals surface area contributed by atoms with Crippen molar-refractivity contribution >= 4 is 34.5 Å². The maximum absolute atomic E-state index is 2.30. The van der Waals surface area contributed by atoms with E-state index in [-0.39, 0.29) is 0 Å². The normalized spacial score (nSPS) is 12.8. The molecule has 21 heavy (non-hydrogen) atoms. The third-order valence-electron chi connectivity index (χ3n) is 4.35. The molecule has 1 aliphatic heterocycles. The predicted octanol–water partition coefficient (Wildman–Crippen LogP) is 2.28. The first-order chi connectivity index (χ1) is 10.4. The third-order valence-corrected chi connectivity index (χ3v) is 4.35. The first kappa shape index (κ1) is 12.3.